The molecule has 150 heavy (non-hydrogen) atoms. The number of Topliss-reactive ketones (excluding diaryl/α,β-unsaturated/α-hetero) is 1. The molecule has 8 aromatic heterocycles. The van der Waals surface area contributed by atoms with E-state index in [1.807, 2.05) is 42.5 Å². The van der Waals surface area contributed by atoms with Crippen LogP contribution in [0.4, 0.5) is 43.3 Å². The molecule has 12 heterocycles. The van der Waals surface area contributed by atoms with Crippen molar-refractivity contribution < 1.29 is 66.2 Å². The highest BCUT2D eigenvalue weighted by Gasteiger charge is 2.35. The number of piperidine rings is 4. The zero-order chi connectivity index (χ0) is 109. The number of aliphatic carboxylic acids is 1. The summed E-state index contributed by atoms with van der Waals surface area (Å²) in [4.78, 5) is 145. The molecule has 44 heteroatoms. The number of carboxylic acid groups (broad SMARTS) is 1. The van der Waals surface area contributed by atoms with Gasteiger partial charge in [0.15, 0.2) is 26.3 Å². The Hall–Kier alpha value is -12.0. The Kier molecular flexibility index (Phi) is 44.1. The Morgan fingerprint density at radius 3 is 1.02 bits per heavy atom. The van der Waals surface area contributed by atoms with Gasteiger partial charge in [0, 0.05) is 111 Å². The highest BCUT2D eigenvalue weighted by Crippen LogP contribution is 2.41. The monoisotopic (exact) mass is 2200 g/mol. The standard InChI is InChI=1S/C28H35N5O3S2.C25H31N5O4S2.C25H33N5O2S2.C17H24N4O2S2.C8H7NO3.C3H4O2/c1-6-23(34)31-21-9-7-8-20(14-21)18(2)33-12-10-19(11-13-33)26(35)32-27-30-16-25(38-27)37-17-24-29-15-22(36-24)28(3,4)5;1-16(18-6-5-7-19(12-18)30(32)33)29-10-8-17(9-11-29)23(31)28-24-27-14-22(36-24)35-15-21-26-13-20(34-21)25(2,3)4;1-16(18-6-5-7-19(26)12-18)30-10-8-17(9-11-30)23(31)29-24-28-14-22(34-24)33-15-21-27-13-20(32-21)25(2,3)4;1-17(2,3)12-8-19-13(23-12)10-24-14-9-20-16(25-14)21-15(22)11-4-6-18-7-5-11;1-6(10)7-3-2-4-8(5-7)9(11)12;1-2-3(4)5/h6-9,14-16,18-19H,1,10-13,17H2,2-5H3,(H,31,34)(H,30,32,35);5-7,12-14,16-17H,8-11,15H2,1-4H3,(H,27,28,31);5-7,12-14,16-17H,8-11,15,26H2,1-4H3,(H,28,29,31);8-9,11,18H,4-7,10H2,1-3H3,(H,20,21,22);2-5H,1H3;2H,1H2,(H,4,5). The molecule has 4 aliphatic heterocycles. The highest BCUT2D eigenvalue weighted by atomic mass is 32.2. The van der Waals surface area contributed by atoms with Crippen molar-refractivity contribution in [3.63, 3.8) is 0 Å². The van der Waals surface area contributed by atoms with Crippen molar-refractivity contribution in [3.05, 3.63) is 261 Å². The number of hydrogen-bond donors (Lipinski definition) is 8. The number of amides is 5. The molecule has 3 unspecified atom stereocenters. The number of rotatable bonds is 32. The van der Waals surface area contributed by atoms with Crippen molar-refractivity contribution in [2.45, 2.75) is 242 Å². The van der Waals surface area contributed by atoms with Crippen LogP contribution in [0.5, 0.6) is 0 Å². The van der Waals surface area contributed by atoms with Crippen molar-refractivity contribution >= 4 is 177 Å². The van der Waals surface area contributed by atoms with Gasteiger partial charge < -0.3 is 60.4 Å². The summed E-state index contributed by atoms with van der Waals surface area (Å²) in [5, 5.41) is 49.5. The minimum Gasteiger partial charge on any atom is -0.478 e. The number of thioether (sulfide) groups is 4. The second-order valence-electron chi connectivity index (χ2n) is 40.3. The zero-order valence-corrected chi connectivity index (χ0v) is 93.9. The quantitative estimate of drug-likeness (QED) is 0.00485. The van der Waals surface area contributed by atoms with Crippen molar-refractivity contribution in [1.29, 1.82) is 0 Å². The topological polar surface area (TPSA) is 490 Å². The van der Waals surface area contributed by atoms with Crippen molar-refractivity contribution in [2.75, 3.05) is 84.7 Å². The predicted molar refractivity (Wildman–Crippen MR) is 596 cm³/mol. The Morgan fingerprint density at radius 1 is 0.433 bits per heavy atom. The maximum absolute atomic E-state index is 12.9. The number of nitrogens with one attached hydrogen (secondary N) is 6. The molecule has 9 N–H and O–H groups in total. The number of benzene rings is 4. The van der Waals surface area contributed by atoms with Crippen LogP contribution in [0.15, 0.2) is 206 Å². The van der Waals surface area contributed by atoms with Gasteiger partial charge in [-0.3, -0.25) is 63.7 Å². The summed E-state index contributed by atoms with van der Waals surface area (Å²) in [5.74, 6) is 7.55. The van der Waals surface area contributed by atoms with Crippen molar-refractivity contribution in [3.8, 4) is 0 Å². The van der Waals surface area contributed by atoms with E-state index in [2.05, 4.69) is 216 Å². The van der Waals surface area contributed by atoms with Gasteiger partial charge in [-0.25, -0.2) is 44.7 Å². The molecule has 0 aliphatic carbocycles. The van der Waals surface area contributed by atoms with E-state index in [-0.39, 0.29) is 115 Å². The molecule has 4 aliphatic rings. The van der Waals surface area contributed by atoms with Gasteiger partial charge >= 0.3 is 5.97 Å². The number of carbonyl (C=O) groups excluding carboxylic acids is 6. The van der Waals surface area contributed by atoms with Crippen LogP contribution in [0.3, 0.4) is 0 Å². The SMILES string of the molecule is C=CC(=O)Nc1cccc(C(C)N2CCC(C(=O)Nc3ncc(SCc4ncc(C(C)(C)C)o4)s3)CC2)c1.C=CC(=O)O.CC(=O)c1cccc([N+](=O)[O-])c1.CC(C)(C)c1cnc(CSc2cnc(NC(=O)C3CCNCC3)s2)o1.CC(c1cccc(N)c1)N1CCC(C(=O)Nc2ncc(SCc3ncc(C(C)(C)C)o3)s2)CC1.CC(c1cccc([N+](=O)[O-])c1)N1CCC(C(=O)Nc2ncc(SCc3ncc(C(C)(C)C)o3)s2)CC1. The fourth-order valence-corrected chi connectivity index (χ4v) is 22.7. The normalized spacial score (nSPS) is 15.2. The van der Waals surface area contributed by atoms with Crippen molar-refractivity contribution in [2.24, 2.45) is 23.7 Å². The van der Waals surface area contributed by atoms with Crippen LogP contribution in [-0.2, 0) is 73.4 Å². The summed E-state index contributed by atoms with van der Waals surface area (Å²) < 4.78 is 27.4. The number of ketones is 1. The number of thiazole rings is 4. The summed E-state index contributed by atoms with van der Waals surface area (Å²) in [7, 11) is 0. The lowest BCUT2D eigenvalue weighted by molar-refractivity contribution is -0.385. The van der Waals surface area contributed by atoms with Crippen LogP contribution in [-0.4, -0.2) is 163 Å². The molecule has 802 valence electrons. The molecular formula is C106H134N20O16S8. The average molecular weight is 2200 g/mol. The van der Waals surface area contributed by atoms with Gasteiger partial charge in [-0.05, 0) is 178 Å². The lowest BCUT2D eigenvalue weighted by Gasteiger charge is -2.35. The summed E-state index contributed by atoms with van der Waals surface area (Å²) in [6, 6.07) is 28.9. The van der Waals surface area contributed by atoms with Gasteiger partial charge in [0.25, 0.3) is 11.4 Å². The molecule has 0 spiro atoms. The first kappa shape index (κ1) is 118. The number of nitrogens with zero attached hydrogens (tertiary/aromatic N) is 13. The summed E-state index contributed by atoms with van der Waals surface area (Å²) >= 11 is 12.3. The van der Waals surface area contributed by atoms with Crippen LogP contribution in [0.25, 0.3) is 0 Å². The minimum absolute atomic E-state index is 0.00688. The van der Waals surface area contributed by atoms with Crippen LogP contribution < -0.4 is 37.6 Å². The van der Waals surface area contributed by atoms with Crippen molar-refractivity contribution in [1.82, 2.24) is 59.9 Å². The Bertz CT molecular complexity index is 6480. The molecule has 12 aromatic rings. The number of carboxylic acids is 1. The van der Waals surface area contributed by atoms with Gasteiger partial charge in [-0.2, -0.15) is 0 Å². The van der Waals surface area contributed by atoms with Gasteiger partial charge in [-0.15, -0.1) is 47.0 Å². The second-order valence-corrected chi connectivity index (χ2v) is 49.5. The molecular weight excluding hydrogens is 2070 g/mol. The third-order valence-electron chi connectivity index (χ3n) is 24.9. The van der Waals surface area contributed by atoms with E-state index in [4.69, 9.17) is 28.5 Å². The number of anilines is 6. The first-order chi connectivity index (χ1) is 71.2. The number of nitro groups is 2. The second kappa shape index (κ2) is 55.9. The number of aromatic nitrogens is 8. The number of hydrogen-bond acceptors (Lipinski definition) is 36. The largest absolute Gasteiger partial charge is 0.478 e. The Labute approximate surface area is 907 Å². The lowest BCUT2D eigenvalue weighted by atomic mass is 9.94. The number of carbonyl (C=O) groups is 7. The number of nitrogens with two attached hydrogens (primary N) is 1. The Morgan fingerprint density at radius 2 is 0.727 bits per heavy atom. The van der Waals surface area contributed by atoms with E-state index < -0.39 is 10.9 Å². The summed E-state index contributed by atoms with van der Waals surface area (Å²) in [5.41, 5.74) is 10.9. The van der Waals surface area contributed by atoms with E-state index in [1.165, 1.54) is 88.2 Å². The van der Waals surface area contributed by atoms with E-state index >= 15 is 0 Å². The summed E-state index contributed by atoms with van der Waals surface area (Å²) in [6.07, 6.45) is 22.9. The van der Waals surface area contributed by atoms with Gasteiger partial charge in [-0.1, -0.05) is 190 Å². The zero-order valence-electron chi connectivity index (χ0n) is 87.3. The summed E-state index contributed by atoms with van der Waals surface area (Å²) in [6.45, 7) is 46.2. The molecule has 5 amide bonds. The van der Waals surface area contributed by atoms with Crippen LogP contribution in [0.1, 0.15) is 254 Å². The fourth-order valence-electron chi connectivity index (χ4n) is 15.8. The van der Waals surface area contributed by atoms with E-state index in [1.54, 1.807) is 115 Å². The maximum Gasteiger partial charge on any atom is 0.327 e. The Balaban J connectivity index is 0.000000181. The first-order valence-electron chi connectivity index (χ1n) is 49.3. The molecule has 4 saturated heterocycles. The molecule has 4 fully saturated rings. The van der Waals surface area contributed by atoms with E-state index in [9.17, 15) is 53.8 Å². The third kappa shape index (κ3) is 37.3. The molecule has 16 rings (SSSR count). The predicted octanol–water partition coefficient (Wildman–Crippen LogP) is 23.7. The molecule has 0 bridgehead atoms. The van der Waals surface area contributed by atoms with E-state index in [0.717, 1.165) is 172 Å². The van der Waals surface area contributed by atoms with Gasteiger partial charge in [0.2, 0.25) is 53.1 Å². The molecule has 3 atom stereocenters. The smallest absolute Gasteiger partial charge is 0.327 e. The number of nitrogen functional groups attached to an aromatic ring is 1. The fraction of sp³-hybridized carbons (Fsp3) is 0.443. The molecule has 36 nitrogen and oxygen atoms in total. The van der Waals surface area contributed by atoms with E-state index in [0.29, 0.717) is 72.7 Å². The number of oxazole rings is 4. The van der Waals surface area contributed by atoms with Crippen LogP contribution >= 0.6 is 92.4 Å². The number of likely N-dealkylation sites (tertiary alicyclic amines) is 3. The lowest BCUT2D eigenvalue weighted by Crippen LogP contribution is -2.39. The molecule has 0 radical (unpaired) electrons. The first-order valence-corrected chi connectivity index (χ1v) is 56.5. The number of nitro benzene ring substituents is 2. The minimum atomic E-state index is -0.981. The molecule has 4 aromatic carbocycles. The maximum atomic E-state index is 12.9. The molecule has 0 saturated carbocycles. The third-order valence-corrected chi connectivity index (χ3v) is 33.2. The average Bonchev–Trinajstić information content (AvgIpc) is 1.82. The van der Waals surface area contributed by atoms with Crippen LogP contribution in [0.2, 0.25) is 0 Å². The van der Waals surface area contributed by atoms with Gasteiger partial charge in [0.05, 0.1) is 99.3 Å². The number of non-ortho nitro benzene ring substituents is 2. The highest BCUT2D eigenvalue weighted by molar-refractivity contribution is 8.01. The van der Waals surface area contributed by atoms with Crippen LogP contribution in [0, 0.1) is 43.9 Å². The van der Waals surface area contributed by atoms with Gasteiger partial charge in [0.1, 0.15) is 23.0 Å².